The summed E-state index contributed by atoms with van der Waals surface area (Å²) in [5.41, 5.74) is 2.87. The zero-order chi connectivity index (χ0) is 13.8. The molecule has 0 fully saturated rings. The van der Waals surface area contributed by atoms with Crippen LogP contribution in [0.1, 0.15) is 5.56 Å². The third-order valence-corrected chi connectivity index (χ3v) is 3.59. The van der Waals surface area contributed by atoms with Crippen LogP contribution in [0.2, 0.25) is 0 Å². The van der Waals surface area contributed by atoms with Crippen LogP contribution >= 0.6 is 15.9 Å². The zero-order valence-electron chi connectivity index (χ0n) is 10.9. The summed E-state index contributed by atoms with van der Waals surface area (Å²) >= 11 is 3.39. The van der Waals surface area contributed by atoms with E-state index in [0.717, 1.165) is 22.7 Å². The van der Waals surface area contributed by atoms with Crippen LogP contribution in [0, 0.1) is 5.82 Å². The first kappa shape index (κ1) is 13.9. The van der Waals surface area contributed by atoms with Crippen LogP contribution in [0.4, 0.5) is 15.8 Å². The Morgan fingerprint density at radius 1 is 1.21 bits per heavy atom. The fraction of sp³-hybridized carbons (Fsp3) is 0.200. The second-order valence-corrected chi connectivity index (χ2v) is 4.73. The average Bonchev–Trinajstić information content (AvgIpc) is 2.46. The van der Waals surface area contributed by atoms with Gasteiger partial charge in [0.25, 0.3) is 0 Å². The largest absolute Gasteiger partial charge is 0.497 e. The van der Waals surface area contributed by atoms with Crippen molar-refractivity contribution < 1.29 is 9.13 Å². The predicted molar refractivity (Wildman–Crippen MR) is 80.1 cm³/mol. The van der Waals surface area contributed by atoms with Gasteiger partial charge >= 0.3 is 0 Å². The molecular weight excluding hydrogens is 309 g/mol. The number of hydrogen-bond acceptors (Lipinski definition) is 2. The quantitative estimate of drug-likeness (QED) is 0.768. The molecule has 100 valence electrons. The smallest absolute Gasteiger partial charge is 0.123 e. The van der Waals surface area contributed by atoms with E-state index >= 15 is 0 Å². The maximum Gasteiger partial charge on any atom is 0.123 e. The van der Waals surface area contributed by atoms with Crippen molar-refractivity contribution in [2.24, 2.45) is 0 Å². The second kappa shape index (κ2) is 6.06. The van der Waals surface area contributed by atoms with Crippen molar-refractivity contribution in [3.05, 3.63) is 53.8 Å². The Kier molecular flexibility index (Phi) is 4.43. The molecule has 0 aliphatic heterocycles. The number of ether oxygens (including phenoxy) is 1. The van der Waals surface area contributed by atoms with Gasteiger partial charge in [-0.25, -0.2) is 4.39 Å². The van der Waals surface area contributed by atoms with E-state index in [9.17, 15) is 4.39 Å². The highest BCUT2D eigenvalue weighted by Crippen LogP contribution is 2.30. The van der Waals surface area contributed by atoms with Crippen molar-refractivity contribution in [2.75, 3.05) is 19.1 Å². The highest BCUT2D eigenvalue weighted by Gasteiger charge is 2.10. The normalized spacial score (nSPS) is 10.3. The van der Waals surface area contributed by atoms with Gasteiger partial charge in [-0.05, 0) is 35.9 Å². The minimum Gasteiger partial charge on any atom is -0.497 e. The summed E-state index contributed by atoms with van der Waals surface area (Å²) in [6, 6.07) is 12.6. The lowest BCUT2D eigenvalue weighted by Gasteiger charge is -2.22. The fourth-order valence-electron chi connectivity index (χ4n) is 1.95. The van der Waals surface area contributed by atoms with E-state index in [1.807, 2.05) is 36.2 Å². The molecule has 2 rings (SSSR count). The molecule has 2 nitrogen and oxygen atoms in total. The lowest BCUT2D eigenvalue weighted by molar-refractivity contribution is 0.415. The number of halogens is 2. The molecule has 0 saturated carbocycles. The minimum atomic E-state index is -0.225. The summed E-state index contributed by atoms with van der Waals surface area (Å²) in [5, 5.41) is 0.606. The van der Waals surface area contributed by atoms with Crippen LogP contribution in [0.25, 0.3) is 0 Å². The van der Waals surface area contributed by atoms with Gasteiger partial charge in [-0.15, -0.1) is 0 Å². The van der Waals surface area contributed by atoms with E-state index in [1.54, 1.807) is 19.2 Å². The first-order valence-electron chi connectivity index (χ1n) is 5.88. The third kappa shape index (κ3) is 3.07. The molecule has 0 radical (unpaired) electrons. The molecular formula is C15H15BrFNO. The van der Waals surface area contributed by atoms with Gasteiger partial charge in [0.05, 0.1) is 7.11 Å². The Hall–Kier alpha value is -1.55. The SMILES string of the molecule is COc1cccc(N(C)c2ccc(F)cc2CBr)c1. The molecule has 19 heavy (non-hydrogen) atoms. The Morgan fingerprint density at radius 2 is 2.00 bits per heavy atom. The van der Waals surface area contributed by atoms with Crippen LogP contribution < -0.4 is 9.64 Å². The topological polar surface area (TPSA) is 12.5 Å². The maximum absolute atomic E-state index is 13.3. The van der Waals surface area contributed by atoms with Crippen molar-refractivity contribution in [2.45, 2.75) is 5.33 Å². The summed E-state index contributed by atoms with van der Waals surface area (Å²) < 4.78 is 18.5. The molecule has 0 aliphatic carbocycles. The van der Waals surface area contributed by atoms with E-state index in [2.05, 4.69) is 15.9 Å². The second-order valence-electron chi connectivity index (χ2n) is 4.17. The Morgan fingerprint density at radius 3 is 2.68 bits per heavy atom. The standard InChI is InChI=1S/C15H15BrFNO/c1-18(13-4-3-5-14(9-13)19-2)15-7-6-12(17)8-11(15)10-16/h3-9H,10H2,1-2H3. The van der Waals surface area contributed by atoms with Gasteiger partial charge in [0.2, 0.25) is 0 Å². The first-order valence-corrected chi connectivity index (χ1v) is 7.00. The molecule has 0 bridgehead atoms. The van der Waals surface area contributed by atoms with Crippen molar-refractivity contribution in [1.82, 2.24) is 0 Å². The van der Waals surface area contributed by atoms with Crippen molar-refractivity contribution >= 4 is 27.3 Å². The number of benzene rings is 2. The van der Waals surface area contributed by atoms with Crippen LogP contribution in [-0.2, 0) is 5.33 Å². The number of methoxy groups -OCH3 is 1. The lowest BCUT2D eigenvalue weighted by atomic mass is 10.1. The van der Waals surface area contributed by atoms with E-state index in [0.29, 0.717) is 5.33 Å². The minimum absolute atomic E-state index is 0.225. The summed E-state index contributed by atoms with van der Waals surface area (Å²) in [4.78, 5) is 2.01. The molecule has 0 saturated heterocycles. The van der Waals surface area contributed by atoms with Gasteiger partial charge in [0.15, 0.2) is 0 Å². The van der Waals surface area contributed by atoms with Crippen LogP contribution in [0.3, 0.4) is 0 Å². The molecule has 0 unspecified atom stereocenters. The Labute approximate surface area is 120 Å². The Balaban J connectivity index is 2.40. The fourth-order valence-corrected chi connectivity index (χ4v) is 2.40. The monoisotopic (exact) mass is 323 g/mol. The van der Waals surface area contributed by atoms with Gasteiger partial charge in [0.1, 0.15) is 11.6 Å². The molecule has 0 N–H and O–H groups in total. The maximum atomic E-state index is 13.3. The Bertz CT molecular complexity index is 574. The summed E-state index contributed by atoms with van der Waals surface area (Å²) in [7, 11) is 3.59. The van der Waals surface area contributed by atoms with Gasteiger partial charge < -0.3 is 9.64 Å². The van der Waals surface area contributed by atoms with E-state index < -0.39 is 0 Å². The van der Waals surface area contributed by atoms with E-state index in [4.69, 9.17) is 4.74 Å². The van der Waals surface area contributed by atoms with Crippen molar-refractivity contribution in [3.8, 4) is 5.75 Å². The van der Waals surface area contributed by atoms with Crippen molar-refractivity contribution in [1.29, 1.82) is 0 Å². The van der Waals surface area contributed by atoms with Gasteiger partial charge in [-0.1, -0.05) is 22.0 Å². The van der Waals surface area contributed by atoms with E-state index in [-0.39, 0.29) is 5.82 Å². The number of anilines is 2. The van der Waals surface area contributed by atoms with Crippen LogP contribution in [0.5, 0.6) is 5.75 Å². The number of nitrogens with zero attached hydrogens (tertiary/aromatic N) is 1. The highest BCUT2D eigenvalue weighted by molar-refractivity contribution is 9.08. The predicted octanol–water partition coefficient (Wildman–Crippen LogP) is 4.50. The summed E-state index contributed by atoms with van der Waals surface area (Å²) in [5.74, 6) is 0.573. The molecule has 2 aromatic rings. The molecule has 4 heteroatoms. The third-order valence-electron chi connectivity index (χ3n) is 2.99. The molecule has 0 amide bonds. The average molecular weight is 324 g/mol. The van der Waals surface area contributed by atoms with Crippen LogP contribution in [0.15, 0.2) is 42.5 Å². The lowest BCUT2D eigenvalue weighted by Crippen LogP contribution is -2.11. The highest BCUT2D eigenvalue weighted by atomic mass is 79.9. The molecule has 0 heterocycles. The van der Waals surface area contributed by atoms with Crippen molar-refractivity contribution in [3.63, 3.8) is 0 Å². The van der Waals surface area contributed by atoms with Gasteiger partial charge in [-0.3, -0.25) is 0 Å². The summed E-state index contributed by atoms with van der Waals surface area (Å²) in [6.07, 6.45) is 0. The summed E-state index contributed by atoms with van der Waals surface area (Å²) in [6.45, 7) is 0. The molecule has 0 aliphatic rings. The molecule has 2 aromatic carbocycles. The van der Waals surface area contributed by atoms with E-state index in [1.165, 1.54) is 6.07 Å². The first-order chi connectivity index (χ1) is 9.15. The molecule has 0 aromatic heterocycles. The van der Waals surface area contributed by atoms with Gasteiger partial charge in [0, 0.05) is 29.8 Å². The number of hydrogen-bond donors (Lipinski definition) is 0. The van der Waals surface area contributed by atoms with Gasteiger partial charge in [-0.2, -0.15) is 0 Å². The zero-order valence-corrected chi connectivity index (χ0v) is 12.4. The molecule has 0 atom stereocenters. The number of alkyl halides is 1. The van der Waals surface area contributed by atoms with Crippen LogP contribution in [-0.4, -0.2) is 14.2 Å². The number of rotatable bonds is 4. The molecule has 0 spiro atoms.